The van der Waals surface area contributed by atoms with Crippen LogP contribution in [-0.2, 0) is 16.0 Å². The molecule has 1 aromatic rings. The maximum absolute atomic E-state index is 5.83. The van der Waals surface area contributed by atoms with E-state index in [0.717, 1.165) is 13.1 Å². The fraction of sp³-hybridized carbons (Fsp3) is 0.571. The van der Waals surface area contributed by atoms with Crippen LogP contribution < -0.4 is 10.6 Å². The van der Waals surface area contributed by atoms with Crippen molar-refractivity contribution in [3.63, 3.8) is 0 Å². The zero-order chi connectivity index (χ0) is 13.1. The molecule has 4 nitrogen and oxygen atoms in total. The average molecular weight is 250 g/mol. The Balaban J connectivity index is 2.28. The number of hydrogen-bond acceptors (Lipinski definition) is 4. The van der Waals surface area contributed by atoms with Crippen molar-refractivity contribution in [3.8, 4) is 0 Å². The minimum Gasteiger partial charge on any atom is -0.377 e. The van der Waals surface area contributed by atoms with Gasteiger partial charge >= 0.3 is 0 Å². The molecule has 2 rings (SSSR count). The lowest BCUT2D eigenvalue weighted by Crippen LogP contribution is -2.27. The number of para-hydroxylation sites is 1. The number of nitrogens with two attached hydrogens (primary N) is 1. The van der Waals surface area contributed by atoms with Crippen molar-refractivity contribution in [2.24, 2.45) is 5.73 Å². The van der Waals surface area contributed by atoms with Gasteiger partial charge in [0.1, 0.15) is 12.2 Å². The largest absolute Gasteiger partial charge is 0.377 e. The summed E-state index contributed by atoms with van der Waals surface area (Å²) < 4.78 is 11.0. The van der Waals surface area contributed by atoms with Crippen LogP contribution in [0.3, 0.4) is 0 Å². The summed E-state index contributed by atoms with van der Waals surface area (Å²) in [5.74, 6) is 0. The summed E-state index contributed by atoms with van der Waals surface area (Å²) in [7, 11) is 3.48. The van der Waals surface area contributed by atoms with E-state index in [2.05, 4.69) is 30.0 Å². The first kappa shape index (κ1) is 13.3. The molecule has 1 heterocycles. The first-order valence-corrected chi connectivity index (χ1v) is 6.30. The van der Waals surface area contributed by atoms with Crippen LogP contribution in [-0.4, -0.2) is 39.5 Å². The van der Waals surface area contributed by atoms with Crippen molar-refractivity contribution in [2.45, 2.75) is 25.7 Å². The van der Waals surface area contributed by atoms with Crippen LogP contribution in [0.5, 0.6) is 0 Å². The summed E-state index contributed by atoms with van der Waals surface area (Å²) in [4.78, 5) is 2.32. The van der Waals surface area contributed by atoms with Crippen LogP contribution in [0, 0.1) is 6.92 Å². The number of anilines is 1. The van der Waals surface area contributed by atoms with Crippen LogP contribution in [0.4, 0.5) is 5.69 Å². The summed E-state index contributed by atoms with van der Waals surface area (Å²) in [6.45, 7) is 4.39. The summed E-state index contributed by atoms with van der Waals surface area (Å²) in [6.07, 6.45) is 0.250. The van der Waals surface area contributed by atoms with Crippen molar-refractivity contribution in [1.82, 2.24) is 0 Å². The predicted molar refractivity (Wildman–Crippen MR) is 72.9 cm³/mol. The highest BCUT2D eigenvalue weighted by Gasteiger charge is 2.34. The van der Waals surface area contributed by atoms with Gasteiger partial charge in [-0.15, -0.1) is 0 Å². The molecule has 0 aromatic heterocycles. The molecule has 0 aliphatic carbocycles. The second-order valence-electron chi connectivity index (χ2n) is 4.74. The molecule has 2 unspecified atom stereocenters. The molecule has 4 heteroatoms. The first-order valence-electron chi connectivity index (χ1n) is 6.30. The quantitative estimate of drug-likeness (QED) is 0.875. The molecule has 1 aliphatic rings. The highest BCUT2D eigenvalue weighted by Crippen LogP contribution is 2.29. The van der Waals surface area contributed by atoms with Gasteiger partial charge in [0.25, 0.3) is 0 Å². The van der Waals surface area contributed by atoms with E-state index in [1.165, 1.54) is 16.8 Å². The minimum atomic E-state index is 0.125. The molecule has 0 radical (unpaired) electrons. The molecule has 1 saturated heterocycles. The molecule has 1 fully saturated rings. The average Bonchev–Trinajstić information content (AvgIpc) is 2.81. The van der Waals surface area contributed by atoms with Gasteiger partial charge in [0.15, 0.2) is 0 Å². The number of benzene rings is 1. The zero-order valence-electron chi connectivity index (χ0n) is 11.3. The monoisotopic (exact) mass is 250 g/mol. The van der Waals surface area contributed by atoms with Crippen molar-refractivity contribution < 1.29 is 9.47 Å². The van der Waals surface area contributed by atoms with Crippen LogP contribution in [0.1, 0.15) is 11.1 Å². The fourth-order valence-electron chi connectivity index (χ4n) is 2.72. The van der Waals surface area contributed by atoms with E-state index in [1.54, 1.807) is 14.2 Å². The van der Waals surface area contributed by atoms with Gasteiger partial charge < -0.3 is 20.1 Å². The lowest BCUT2D eigenvalue weighted by molar-refractivity contribution is -0.00461. The SMILES string of the molecule is COC1CN(c2c(C)cccc2CN)CC1OC. The van der Waals surface area contributed by atoms with E-state index in [1.807, 2.05) is 0 Å². The molecule has 0 amide bonds. The number of aryl methyl sites for hydroxylation is 1. The Bertz CT molecular complexity index is 397. The Morgan fingerprint density at radius 1 is 1.22 bits per heavy atom. The van der Waals surface area contributed by atoms with E-state index >= 15 is 0 Å². The molecule has 1 aromatic carbocycles. The standard InChI is InChI=1S/C14H22N2O2/c1-10-5-4-6-11(7-15)14(10)16-8-12(17-2)13(9-16)18-3/h4-6,12-13H,7-9,15H2,1-3H3. The van der Waals surface area contributed by atoms with Crippen molar-refractivity contribution in [3.05, 3.63) is 29.3 Å². The second kappa shape index (κ2) is 5.69. The molecular formula is C14H22N2O2. The molecular weight excluding hydrogens is 228 g/mol. The number of methoxy groups -OCH3 is 2. The number of hydrogen-bond donors (Lipinski definition) is 1. The van der Waals surface area contributed by atoms with E-state index in [9.17, 15) is 0 Å². The topological polar surface area (TPSA) is 47.7 Å². The summed E-state index contributed by atoms with van der Waals surface area (Å²) in [5, 5.41) is 0. The maximum Gasteiger partial charge on any atom is 0.102 e. The third-order valence-electron chi connectivity index (χ3n) is 3.68. The summed E-state index contributed by atoms with van der Waals surface area (Å²) >= 11 is 0. The molecule has 0 bridgehead atoms. The lowest BCUT2D eigenvalue weighted by atomic mass is 10.1. The summed E-state index contributed by atoms with van der Waals surface area (Å²) in [5.41, 5.74) is 9.51. The van der Waals surface area contributed by atoms with Crippen LogP contribution in [0.2, 0.25) is 0 Å². The molecule has 0 spiro atoms. The first-order chi connectivity index (χ1) is 8.71. The highest BCUT2D eigenvalue weighted by atomic mass is 16.5. The van der Waals surface area contributed by atoms with Gasteiger partial charge in [-0.3, -0.25) is 0 Å². The van der Waals surface area contributed by atoms with E-state index in [-0.39, 0.29) is 12.2 Å². The smallest absolute Gasteiger partial charge is 0.102 e. The lowest BCUT2D eigenvalue weighted by Gasteiger charge is -2.23. The van der Waals surface area contributed by atoms with Gasteiger partial charge in [-0.2, -0.15) is 0 Å². The molecule has 2 atom stereocenters. The van der Waals surface area contributed by atoms with Gasteiger partial charge in [0.2, 0.25) is 0 Å². The molecule has 0 saturated carbocycles. The number of ether oxygens (including phenoxy) is 2. The predicted octanol–water partition coefficient (Wildman–Crippen LogP) is 1.30. The van der Waals surface area contributed by atoms with E-state index in [4.69, 9.17) is 15.2 Å². The normalized spacial score (nSPS) is 23.7. The van der Waals surface area contributed by atoms with Gasteiger partial charge in [-0.05, 0) is 18.1 Å². The number of rotatable bonds is 4. The molecule has 2 N–H and O–H groups in total. The van der Waals surface area contributed by atoms with Gasteiger partial charge in [-0.25, -0.2) is 0 Å². The Kier molecular flexibility index (Phi) is 4.22. The maximum atomic E-state index is 5.83. The minimum absolute atomic E-state index is 0.125. The Labute approximate surface area is 109 Å². The van der Waals surface area contributed by atoms with Crippen LogP contribution in [0.25, 0.3) is 0 Å². The Morgan fingerprint density at radius 2 is 1.83 bits per heavy atom. The molecule has 18 heavy (non-hydrogen) atoms. The van der Waals surface area contributed by atoms with Gasteiger partial charge in [0.05, 0.1) is 0 Å². The molecule has 100 valence electrons. The third kappa shape index (κ3) is 2.36. The van der Waals surface area contributed by atoms with E-state index in [0.29, 0.717) is 6.54 Å². The van der Waals surface area contributed by atoms with Crippen molar-refractivity contribution in [1.29, 1.82) is 0 Å². The Hall–Kier alpha value is -1.10. The van der Waals surface area contributed by atoms with Crippen LogP contribution in [0.15, 0.2) is 18.2 Å². The number of nitrogens with zero attached hydrogens (tertiary/aromatic N) is 1. The van der Waals surface area contributed by atoms with Crippen molar-refractivity contribution in [2.75, 3.05) is 32.2 Å². The van der Waals surface area contributed by atoms with Crippen molar-refractivity contribution >= 4 is 5.69 Å². The molecule has 1 aliphatic heterocycles. The highest BCUT2D eigenvalue weighted by molar-refractivity contribution is 5.60. The third-order valence-corrected chi connectivity index (χ3v) is 3.68. The Morgan fingerprint density at radius 3 is 2.33 bits per heavy atom. The van der Waals surface area contributed by atoms with Crippen LogP contribution >= 0.6 is 0 Å². The second-order valence-corrected chi connectivity index (χ2v) is 4.74. The zero-order valence-corrected chi connectivity index (χ0v) is 11.3. The van der Waals surface area contributed by atoms with Gasteiger partial charge in [0, 0.05) is 39.5 Å². The van der Waals surface area contributed by atoms with Gasteiger partial charge in [-0.1, -0.05) is 18.2 Å². The summed E-state index contributed by atoms with van der Waals surface area (Å²) in [6, 6.07) is 6.26. The fourth-order valence-corrected chi connectivity index (χ4v) is 2.72. The van der Waals surface area contributed by atoms with E-state index < -0.39 is 0 Å².